The molecule has 0 aliphatic rings. The molecule has 5 rings (SSSR count). The number of aliphatic hydroxyl groups is 1. The summed E-state index contributed by atoms with van der Waals surface area (Å²) in [5, 5.41) is 22.3. The van der Waals surface area contributed by atoms with Gasteiger partial charge < -0.3 is 14.3 Å². The number of ether oxygens (including phenoxy) is 1. The number of carbonyl (C=O) groups is 1. The van der Waals surface area contributed by atoms with Gasteiger partial charge in [0.15, 0.2) is 0 Å². The summed E-state index contributed by atoms with van der Waals surface area (Å²) in [4.78, 5) is 13.3. The minimum absolute atomic E-state index is 0.0989. The summed E-state index contributed by atoms with van der Waals surface area (Å²) in [5.74, 6) is 0.319. The molecule has 2 N–H and O–H groups in total. The number of aromatic amines is 1. The third-order valence-electron chi connectivity index (χ3n) is 5.12. The van der Waals surface area contributed by atoms with Gasteiger partial charge in [-0.15, -0.1) is 0 Å². The molecule has 0 atom stereocenters. The molecule has 0 saturated heterocycles. The molecule has 0 unspecified atom stereocenters. The fourth-order valence-electron chi connectivity index (χ4n) is 3.69. The topological polar surface area (TPSA) is 106 Å². The highest BCUT2D eigenvalue weighted by Crippen LogP contribution is 2.32. The van der Waals surface area contributed by atoms with E-state index in [1.807, 2.05) is 42.5 Å². The van der Waals surface area contributed by atoms with Gasteiger partial charge in [-0.05, 0) is 23.8 Å². The summed E-state index contributed by atoms with van der Waals surface area (Å²) >= 11 is 0. The SMILES string of the molecule is COc1[nH]ncc1-c1ccc2c(C(=O)c3coc4ccccc34)nn(CCO)c2c1. The van der Waals surface area contributed by atoms with Crippen molar-refractivity contribution in [1.29, 1.82) is 0 Å². The maximum absolute atomic E-state index is 13.3. The van der Waals surface area contributed by atoms with Crippen LogP contribution < -0.4 is 4.74 Å². The molecule has 3 heterocycles. The number of furan rings is 1. The maximum Gasteiger partial charge on any atom is 0.217 e. The van der Waals surface area contributed by atoms with E-state index in [0.29, 0.717) is 28.1 Å². The Kier molecular flexibility index (Phi) is 4.33. The fourth-order valence-corrected chi connectivity index (χ4v) is 3.69. The highest BCUT2D eigenvalue weighted by Gasteiger charge is 2.23. The van der Waals surface area contributed by atoms with E-state index < -0.39 is 0 Å². The Morgan fingerprint density at radius 1 is 1.23 bits per heavy atom. The lowest BCUT2D eigenvalue weighted by Gasteiger charge is -2.04. The van der Waals surface area contributed by atoms with E-state index in [1.54, 1.807) is 18.0 Å². The average molecular weight is 402 g/mol. The number of hydrogen-bond donors (Lipinski definition) is 2. The van der Waals surface area contributed by atoms with Crippen molar-refractivity contribution in [3.63, 3.8) is 0 Å². The molecule has 0 aliphatic heterocycles. The van der Waals surface area contributed by atoms with Crippen molar-refractivity contribution < 1.29 is 19.1 Å². The van der Waals surface area contributed by atoms with E-state index in [9.17, 15) is 9.90 Å². The second-order valence-electron chi connectivity index (χ2n) is 6.82. The summed E-state index contributed by atoms with van der Waals surface area (Å²) in [6.45, 7) is 0.167. The summed E-state index contributed by atoms with van der Waals surface area (Å²) in [5.41, 5.74) is 3.82. The van der Waals surface area contributed by atoms with Crippen LogP contribution in [0.5, 0.6) is 5.88 Å². The maximum atomic E-state index is 13.3. The molecule has 8 heteroatoms. The molecule has 0 radical (unpaired) electrons. The van der Waals surface area contributed by atoms with E-state index in [1.165, 1.54) is 6.26 Å². The van der Waals surface area contributed by atoms with Gasteiger partial charge in [-0.1, -0.05) is 24.3 Å². The number of fused-ring (bicyclic) bond motifs is 2. The lowest BCUT2D eigenvalue weighted by molar-refractivity contribution is 0.103. The van der Waals surface area contributed by atoms with E-state index in [0.717, 1.165) is 22.0 Å². The van der Waals surface area contributed by atoms with E-state index in [4.69, 9.17) is 9.15 Å². The third kappa shape index (κ3) is 2.77. The van der Waals surface area contributed by atoms with Crippen LogP contribution in [0.3, 0.4) is 0 Å². The van der Waals surface area contributed by atoms with E-state index >= 15 is 0 Å². The molecule has 0 bridgehead atoms. The molecule has 2 aromatic carbocycles. The number of hydrogen-bond acceptors (Lipinski definition) is 6. The van der Waals surface area contributed by atoms with Crippen LogP contribution in [0.15, 0.2) is 59.3 Å². The van der Waals surface area contributed by atoms with Crippen LogP contribution in [0.1, 0.15) is 16.1 Å². The van der Waals surface area contributed by atoms with Crippen molar-refractivity contribution in [3.8, 4) is 17.0 Å². The first-order valence-corrected chi connectivity index (χ1v) is 9.41. The van der Waals surface area contributed by atoms with Crippen molar-refractivity contribution in [1.82, 2.24) is 20.0 Å². The van der Waals surface area contributed by atoms with Crippen LogP contribution in [0, 0.1) is 0 Å². The Hall–Kier alpha value is -3.91. The summed E-state index contributed by atoms with van der Waals surface area (Å²) in [6, 6.07) is 13.0. The van der Waals surface area contributed by atoms with Gasteiger partial charge in [0.05, 0.1) is 43.1 Å². The standard InChI is InChI=1S/C22H18N4O4/c1-29-22-16(11-23-24-22)13-6-7-15-18(10-13)26(8-9-27)25-20(15)21(28)17-12-30-19-5-3-2-4-14(17)19/h2-7,10-12,27H,8-9H2,1H3,(H,23,24). The molecule has 0 amide bonds. The van der Waals surface area contributed by atoms with Gasteiger partial charge in [-0.3, -0.25) is 9.48 Å². The molecule has 0 fully saturated rings. The lowest BCUT2D eigenvalue weighted by Crippen LogP contribution is -2.07. The zero-order chi connectivity index (χ0) is 20.7. The van der Waals surface area contributed by atoms with Crippen molar-refractivity contribution in [2.45, 2.75) is 6.54 Å². The average Bonchev–Trinajstić information content (AvgIpc) is 3.50. The normalized spacial score (nSPS) is 11.4. The number of rotatable bonds is 6. The Morgan fingerprint density at radius 3 is 2.93 bits per heavy atom. The van der Waals surface area contributed by atoms with Crippen LogP contribution in [-0.4, -0.2) is 44.6 Å². The lowest BCUT2D eigenvalue weighted by atomic mass is 10.0. The number of methoxy groups -OCH3 is 1. The molecule has 5 aromatic rings. The second-order valence-corrected chi connectivity index (χ2v) is 6.82. The Morgan fingerprint density at radius 2 is 2.10 bits per heavy atom. The monoisotopic (exact) mass is 402 g/mol. The number of para-hydroxylation sites is 1. The Labute approximate surface area is 170 Å². The number of nitrogens with zero attached hydrogens (tertiary/aromatic N) is 3. The van der Waals surface area contributed by atoms with Crippen LogP contribution >= 0.6 is 0 Å². The van der Waals surface area contributed by atoms with Gasteiger partial charge in [0, 0.05) is 10.8 Å². The summed E-state index contributed by atoms with van der Waals surface area (Å²) < 4.78 is 12.5. The molecular formula is C22H18N4O4. The van der Waals surface area contributed by atoms with Gasteiger partial charge in [0.25, 0.3) is 0 Å². The minimum Gasteiger partial charge on any atom is -0.481 e. The molecule has 8 nitrogen and oxygen atoms in total. The largest absolute Gasteiger partial charge is 0.481 e. The van der Waals surface area contributed by atoms with Gasteiger partial charge in [-0.2, -0.15) is 10.2 Å². The number of benzene rings is 2. The van der Waals surface area contributed by atoms with Crippen LogP contribution in [-0.2, 0) is 6.54 Å². The number of ketones is 1. The van der Waals surface area contributed by atoms with Crippen molar-refractivity contribution in [2.24, 2.45) is 0 Å². The van der Waals surface area contributed by atoms with Crippen LogP contribution in [0.2, 0.25) is 0 Å². The van der Waals surface area contributed by atoms with E-state index in [-0.39, 0.29) is 18.9 Å². The van der Waals surface area contributed by atoms with Crippen molar-refractivity contribution in [2.75, 3.05) is 13.7 Å². The Bertz CT molecular complexity index is 1380. The molecule has 0 aliphatic carbocycles. The van der Waals surface area contributed by atoms with Gasteiger partial charge >= 0.3 is 0 Å². The molecule has 150 valence electrons. The van der Waals surface area contributed by atoms with Gasteiger partial charge in [0.1, 0.15) is 17.5 Å². The van der Waals surface area contributed by atoms with E-state index in [2.05, 4.69) is 15.3 Å². The third-order valence-corrected chi connectivity index (χ3v) is 5.12. The van der Waals surface area contributed by atoms with Gasteiger partial charge in [-0.25, -0.2) is 5.10 Å². The fraction of sp³-hybridized carbons (Fsp3) is 0.136. The number of aliphatic hydroxyl groups excluding tert-OH is 1. The Balaban J connectivity index is 1.66. The first-order chi connectivity index (χ1) is 14.7. The number of nitrogens with one attached hydrogen (secondary N) is 1. The molecule has 30 heavy (non-hydrogen) atoms. The predicted octanol–water partition coefficient (Wildman–Crippen LogP) is 3.40. The van der Waals surface area contributed by atoms with Crippen LogP contribution in [0.25, 0.3) is 33.0 Å². The highest BCUT2D eigenvalue weighted by molar-refractivity contribution is 6.20. The summed E-state index contributed by atoms with van der Waals surface area (Å²) in [6.07, 6.45) is 3.14. The minimum atomic E-state index is -0.227. The predicted molar refractivity (Wildman–Crippen MR) is 111 cm³/mol. The molecule has 0 saturated carbocycles. The quantitative estimate of drug-likeness (QED) is 0.422. The number of H-pyrrole nitrogens is 1. The highest BCUT2D eigenvalue weighted by atomic mass is 16.5. The number of aromatic nitrogens is 4. The smallest absolute Gasteiger partial charge is 0.217 e. The zero-order valence-electron chi connectivity index (χ0n) is 16.1. The summed E-state index contributed by atoms with van der Waals surface area (Å²) in [7, 11) is 1.57. The van der Waals surface area contributed by atoms with Crippen molar-refractivity contribution in [3.05, 3.63) is 66.2 Å². The number of carbonyl (C=O) groups excluding carboxylic acids is 1. The van der Waals surface area contributed by atoms with Crippen LogP contribution in [0.4, 0.5) is 0 Å². The first kappa shape index (κ1) is 18.1. The first-order valence-electron chi connectivity index (χ1n) is 9.41. The molecular weight excluding hydrogens is 384 g/mol. The second kappa shape index (κ2) is 7.16. The zero-order valence-corrected chi connectivity index (χ0v) is 16.1. The van der Waals surface area contributed by atoms with Gasteiger partial charge in [0.2, 0.25) is 11.7 Å². The molecule has 3 aromatic heterocycles. The molecule has 0 spiro atoms. The van der Waals surface area contributed by atoms with Crippen molar-refractivity contribution >= 4 is 27.7 Å².